The van der Waals surface area contributed by atoms with E-state index in [2.05, 4.69) is 10.6 Å². The Hall–Kier alpha value is -1.86. The van der Waals surface area contributed by atoms with E-state index in [9.17, 15) is 19.1 Å². The summed E-state index contributed by atoms with van der Waals surface area (Å²) in [5, 5.41) is 22.8. The van der Waals surface area contributed by atoms with Crippen LogP contribution in [0.2, 0.25) is 5.02 Å². The second kappa shape index (κ2) is 7.66. The lowest BCUT2D eigenvalue weighted by molar-refractivity contribution is -0.136. The van der Waals surface area contributed by atoms with Crippen LogP contribution in [0, 0.1) is 5.82 Å². The first-order valence-electron chi connectivity index (χ1n) is 5.77. The first-order valence-corrected chi connectivity index (χ1v) is 6.15. The molecule has 0 radical (unpaired) electrons. The monoisotopic (exact) mass is 304 g/mol. The molecule has 4 N–H and O–H groups in total. The SMILES string of the molecule is O=C(O)CCNC(=O)NCC(O)c1c(F)cccc1Cl. The number of hydrogen-bond donors (Lipinski definition) is 4. The number of halogens is 2. The molecule has 6 nitrogen and oxygen atoms in total. The smallest absolute Gasteiger partial charge is 0.314 e. The Kier molecular flexibility index (Phi) is 6.20. The highest BCUT2D eigenvalue weighted by molar-refractivity contribution is 6.31. The van der Waals surface area contributed by atoms with E-state index in [4.69, 9.17) is 16.7 Å². The van der Waals surface area contributed by atoms with E-state index in [0.29, 0.717) is 0 Å². The van der Waals surface area contributed by atoms with E-state index in [0.717, 1.165) is 6.07 Å². The summed E-state index contributed by atoms with van der Waals surface area (Å²) in [6.45, 7) is -0.294. The van der Waals surface area contributed by atoms with Gasteiger partial charge in [0.25, 0.3) is 0 Å². The maximum Gasteiger partial charge on any atom is 0.314 e. The van der Waals surface area contributed by atoms with Gasteiger partial charge in [-0.05, 0) is 12.1 Å². The topological polar surface area (TPSA) is 98.7 Å². The summed E-state index contributed by atoms with van der Waals surface area (Å²) in [6, 6.07) is 3.32. The summed E-state index contributed by atoms with van der Waals surface area (Å²) in [5.41, 5.74) is -0.0972. The zero-order valence-electron chi connectivity index (χ0n) is 10.4. The molecule has 20 heavy (non-hydrogen) atoms. The van der Waals surface area contributed by atoms with Crippen LogP contribution < -0.4 is 10.6 Å². The molecule has 1 aromatic rings. The molecule has 0 aromatic heterocycles. The fourth-order valence-corrected chi connectivity index (χ4v) is 1.75. The van der Waals surface area contributed by atoms with E-state index in [1.807, 2.05) is 0 Å². The molecule has 2 amide bonds. The molecule has 1 unspecified atom stereocenters. The van der Waals surface area contributed by atoms with Gasteiger partial charge in [0.05, 0.1) is 6.42 Å². The number of carbonyl (C=O) groups excluding carboxylic acids is 1. The molecular formula is C12H14ClFN2O4. The van der Waals surface area contributed by atoms with Crippen LogP contribution >= 0.6 is 11.6 Å². The third-order valence-electron chi connectivity index (χ3n) is 2.41. The minimum atomic E-state index is -1.30. The van der Waals surface area contributed by atoms with Gasteiger partial charge in [-0.1, -0.05) is 17.7 Å². The van der Waals surface area contributed by atoms with Gasteiger partial charge in [-0.15, -0.1) is 0 Å². The molecule has 0 aliphatic rings. The highest BCUT2D eigenvalue weighted by atomic mass is 35.5. The second-order valence-electron chi connectivity index (χ2n) is 3.93. The van der Waals surface area contributed by atoms with Crippen molar-refractivity contribution in [2.45, 2.75) is 12.5 Å². The lowest BCUT2D eigenvalue weighted by Crippen LogP contribution is -2.38. The number of carboxylic acids is 1. The van der Waals surface area contributed by atoms with Crippen LogP contribution in [0.5, 0.6) is 0 Å². The molecule has 0 saturated carbocycles. The molecule has 0 bridgehead atoms. The number of nitrogens with one attached hydrogen (secondary N) is 2. The van der Waals surface area contributed by atoms with Crippen molar-refractivity contribution in [2.75, 3.05) is 13.1 Å². The van der Waals surface area contributed by atoms with Crippen LogP contribution in [-0.4, -0.2) is 35.3 Å². The Morgan fingerprint density at radius 3 is 2.65 bits per heavy atom. The van der Waals surface area contributed by atoms with Gasteiger partial charge in [0, 0.05) is 23.7 Å². The average molecular weight is 305 g/mol. The van der Waals surface area contributed by atoms with E-state index in [1.165, 1.54) is 12.1 Å². The van der Waals surface area contributed by atoms with Crippen molar-refractivity contribution in [3.8, 4) is 0 Å². The summed E-state index contributed by atoms with van der Waals surface area (Å²) in [5.74, 6) is -1.71. The van der Waals surface area contributed by atoms with Crippen LogP contribution in [0.15, 0.2) is 18.2 Å². The van der Waals surface area contributed by atoms with Gasteiger partial charge in [-0.3, -0.25) is 4.79 Å². The fraction of sp³-hybridized carbons (Fsp3) is 0.333. The zero-order valence-corrected chi connectivity index (χ0v) is 11.2. The molecule has 0 spiro atoms. The number of carbonyl (C=O) groups is 2. The summed E-state index contributed by atoms with van der Waals surface area (Å²) >= 11 is 5.76. The molecule has 0 aliphatic carbocycles. The number of aliphatic hydroxyl groups excluding tert-OH is 1. The van der Waals surface area contributed by atoms with Crippen molar-refractivity contribution >= 4 is 23.6 Å². The Labute approximate surface area is 119 Å². The van der Waals surface area contributed by atoms with Crippen molar-refractivity contribution in [1.29, 1.82) is 0 Å². The first kappa shape index (κ1) is 16.2. The lowest BCUT2D eigenvalue weighted by Gasteiger charge is -2.14. The molecule has 1 aromatic carbocycles. The molecule has 0 saturated heterocycles. The van der Waals surface area contributed by atoms with Gasteiger partial charge in [-0.2, -0.15) is 0 Å². The highest BCUT2D eigenvalue weighted by Gasteiger charge is 2.17. The van der Waals surface area contributed by atoms with Crippen LogP contribution in [-0.2, 0) is 4.79 Å². The van der Waals surface area contributed by atoms with Gasteiger partial charge in [0.15, 0.2) is 0 Å². The van der Waals surface area contributed by atoms with Crippen LogP contribution in [0.1, 0.15) is 18.1 Å². The Morgan fingerprint density at radius 1 is 1.35 bits per heavy atom. The summed E-state index contributed by atoms with van der Waals surface area (Å²) in [6.07, 6.45) is -1.51. The molecule has 0 heterocycles. The number of amides is 2. The van der Waals surface area contributed by atoms with Gasteiger partial charge < -0.3 is 20.8 Å². The van der Waals surface area contributed by atoms with Crippen molar-refractivity contribution in [3.63, 3.8) is 0 Å². The molecule has 0 aliphatic heterocycles. The maximum atomic E-state index is 13.5. The number of hydrogen-bond acceptors (Lipinski definition) is 3. The molecule has 0 fully saturated rings. The Balaban J connectivity index is 2.45. The largest absolute Gasteiger partial charge is 0.481 e. The minimum absolute atomic E-state index is 0.0439. The van der Waals surface area contributed by atoms with Crippen molar-refractivity contribution < 1.29 is 24.2 Å². The molecule has 1 atom stereocenters. The number of benzene rings is 1. The molecule has 110 valence electrons. The normalized spacial score (nSPS) is 11.8. The Morgan fingerprint density at radius 2 is 2.05 bits per heavy atom. The van der Waals surface area contributed by atoms with Crippen molar-refractivity contribution in [1.82, 2.24) is 10.6 Å². The predicted octanol–water partition coefficient (Wildman–Crippen LogP) is 1.29. The quantitative estimate of drug-likeness (QED) is 0.636. The average Bonchev–Trinajstić information content (AvgIpc) is 2.35. The zero-order chi connectivity index (χ0) is 15.1. The minimum Gasteiger partial charge on any atom is -0.481 e. The fourth-order valence-electron chi connectivity index (χ4n) is 1.47. The molecular weight excluding hydrogens is 291 g/mol. The van der Waals surface area contributed by atoms with Gasteiger partial charge in [0.2, 0.25) is 0 Å². The number of aliphatic hydroxyl groups is 1. The first-order chi connectivity index (χ1) is 9.41. The van der Waals surface area contributed by atoms with E-state index < -0.39 is 23.9 Å². The van der Waals surface area contributed by atoms with Crippen LogP contribution in [0.25, 0.3) is 0 Å². The summed E-state index contributed by atoms with van der Waals surface area (Å²) < 4.78 is 13.5. The van der Waals surface area contributed by atoms with E-state index in [1.54, 1.807) is 0 Å². The maximum absolute atomic E-state index is 13.5. The second-order valence-corrected chi connectivity index (χ2v) is 4.34. The van der Waals surface area contributed by atoms with E-state index in [-0.39, 0.29) is 30.1 Å². The number of rotatable bonds is 6. The molecule has 1 rings (SSSR count). The highest BCUT2D eigenvalue weighted by Crippen LogP contribution is 2.25. The van der Waals surface area contributed by atoms with Crippen molar-refractivity contribution in [3.05, 3.63) is 34.6 Å². The Bertz CT molecular complexity index is 478. The number of aliphatic carboxylic acids is 1. The van der Waals surface area contributed by atoms with Gasteiger partial charge in [0.1, 0.15) is 11.9 Å². The molecule has 8 heteroatoms. The van der Waals surface area contributed by atoms with Crippen LogP contribution in [0.3, 0.4) is 0 Å². The standard InChI is InChI=1S/C12H14ClFN2O4/c13-7-2-1-3-8(14)11(7)9(17)6-16-12(20)15-5-4-10(18)19/h1-3,9,17H,4-6H2,(H,18,19)(H2,15,16,20). The van der Waals surface area contributed by atoms with Crippen LogP contribution in [0.4, 0.5) is 9.18 Å². The number of urea groups is 1. The van der Waals surface area contributed by atoms with Gasteiger partial charge >= 0.3 is 12.0 Å². The number of carboxylic acid groups (broad SMARTS) is 1. The summed E-state index contributed by atoms with van der Waals surface area (Å²) in [7, 11) is 0. The lowest BCUT2D eigenvalue weighted by atomic mass is 10.1. The summed E-state index contributed by atoms with van der Waals surface area (Å²) in [4.78, 5) is 21.5. The predicted molar refractivity (Wildman–Crippen MR) is 70.0 cm³/mol. The van der Waals surface area contributed by atoms with Gasteiger partial charge in [-0.25, -0.2) is 9.18 Å². The van der Waals surface area contributed by atoms with Crippen molar-refractivity contribution in [2.24, 2.45) is 0 Å². The third-order valence-corrected chi connectivity index (χ3v) is 2.74. The van der Waals surface area contributed by atoms with E-state index >= 15 is 0 Å². The third kappa shape index (κ3) is 5.02.